The second-order valence-corrected chi connectivity index (χ2v) is 5.32. The van der Waals surface area contributed by atoms with Gasteiger partial charge < -0.3 is 24.1 Å². The molecule has 1 fully saturated rings. The lowest BCUT2D eigenvalue weighted by atomic mass is 10.1. The maximum Gasteiger partial charge on any atom is 0.104 e. The summed E-state index contributed by atoms with van der Waals surface area (Å²) in [5.41, 5.74) is 0. The van der Waals surface area contributed by atoms with E-state index in [1.54, 1.807) is 21.3 Å². The van der Waals surface area contributed by atoms with Gasteiger partial charge in [-0.2, -0.15) is 0 Å². The molecular formula is C21H34O5. The van der Waals surface area contributed by atoms with Crippen molar-refractivity contribution in [2.45, 2.75) is 26.1 Å². The SMILES string of the molecule is CC.COCC(O)COC.COCC1CO1.c1ccc2ccccc2c1. The van der Waals surface area contributed by atoms with Crippen LogP contribution in [0.1, 0.15) is 13.8 Å². The molecule has 0 amide bonds. The van der Waals surface area contributed by atoms with Crippen LogP contribution in [-0.4, -0.2) is 65.1 Å². The van der Waals surface area contributed by atoms with Crippen LogP contribution in [0.15, 0.2) is 48.5 Å². The second-order valence-electron chi connectivity index (χ2n) is 5.32. The molecule has 148 valence electrons. The first-order chi connectivity index (χ1) is 12.7. The summed E-state index contributed by atoms with van der Waals surface area (Å²) in [5, 5.41) is 11.4. The summed E-state index contributed by atoms with van der Waals surface area (Å²) in [6.45, 7) is 6.34. The molecule has 0 aromatic heterocycles. The van der Waals surface area contributed by atoms with E-state index >= 15 is 0 Å². The van der Waals surface area contributed by atoms with Gasteiger partial charge in [0, 0.05) is 21.3 Å². The zero-order chi connectivity index (χ0) is 19.6. The highest BCUT2D eigenvalue weighted by molar-refractivity contribution is 5.81. The van der Waals surface area contributed by atoms with Crippen LogP contribution in [-0.2, 0) is 18.9 Å². The van der Waals surface area contributed by atoms with Crippen LogP contribution in [0.5, 0.6) is 0 Å². The van der Waals surface area contributed by atoms with E-state index in [9.17, 15) is 0 Å². The van der Waals surface area contributed by atoms with Crippen molar-refractivity contribution in [3.63, 3.8) is 0 Å². The average molecular weight is 366 g/mol. The molecule has 1 unspecified atom stereocenters. The van der Waals surface area contributed by atoms with E-state index in [2.05, 4.69) is 58.0 Å². The fraction of sp³-hybridized carbons (Fsp3) is 0.524. The standard InChI is InChI=1S/C10H8.C5H12O3.C4H8O2.C2H6/c1-2-6-10-8-4-3-7-9(10)5-1;1-7-3-5(6)4-8-2;1-5-2-4-3-6-4;1-2/h1-8H;5-6H,3-4H2,1-2H3;4H,2-3H2,1H3;1-2H3. The molecule has 0 saturated carbocycles. The van der Waals surface area contributed by atoms with Crippen LogP contribution in [0.25, 0.3) is 10.8 Å². The van der Waals surface area contributed by atoms with Crippen molar-refractivity contribution in [2.24, 2.45) is 0 Å². The fourth-order valence-electron chi connectivity index (χ4n) is 1.92. The number of hydrogen-bond donors (Lipinski definition) is 1. The molecule has 1 atom stereocenters. The van der Waals surface area contributed by atoms with E-state index < -0.39 is 6.10 Å². The first-order valence-electron chi connectivity index (χ1n) is 8.91. The van der Waals surface area contributed by atoms with E-state index in [0.717, 1.165) is 13.2 Å². The molecule has 1 N–H and O–H groups in total. The van der Waals surface area contributed by atoms with Gasteiger partial charge in [0.15, 0.2) is 0 Å². The average Bonchev–Trinajstić information content (AvgIpc) is 3.50. The van der Waals surface area contributed by atoms with Gasteiger partial charge >= 0.3 is 0 Å². The highest BCUT2D eigenvalue weighted by atomic mass is 16.6. The molecule has 5 nitrogen and oxygen atoms in total. The van der Waals surface area contributed by atoms with E-state index in [1.807, 2.05) is 13.8 Å². The van der Waals surface area contributed by atoms with Gasteiger partial charge in [-0.25, -0.2) is 0 Å². The molecule has 0 bridgehead atoms. The van der Waals surface area contributed by atoms with Crippen LogP contribution < -0.4 is 0 Å². The van der Waals surface area contributed by atoms with Gasteiger partial charge in [-0.05, 0) is 10.8 Å². The Morgan fingerprint density at radius 3 is 1.50 bits per heavy atom. The van der Waals surface area contributed by atoms with Gasteiger partial charge in [-0.3, -0.25) is 0 Å². The largest absolute Gasteiger partial charge is 0.388 e. The van der Waals surface area contributed by atoms with Crippen molar-refractivity contribution in [3.05, 3.63) is 48.5 Å². The predicted molar refractivity (Wildman–Crippen MR) is 107 cm³/mol. The Kier molecular flexibility index (Phi) is 16.0. The normalized spacial score (nSPS) is 14.3. The van der Waals surface area contributed by atoms with Crippen LogP contribution in [0.4, 0.5) is 0 Å². The first kappa shape index (κ1) is 24.5. The molecule has 26 heavy (non-hydrogen) atoms. The van der Waals surface area contributed by atoms with Crippen molar-refractivity contribution in [3.8, 4) is 0 Å². The minimum Gasteiger partial charge on any atom is -0.388 e. The highest BCUT2D eigenvalue weighted by Crippen LogP contribution is 2.11. The van der Waals surface area contributed by atoms with Crippen molar-refractivity contribution >= 4 is 10.8 Å². The molecule has 3 rings (SSSR count). The summed E-state index contributed by atoms with van der Waals surface area (Å²) in [6.07, 6.45) is -0.0556. The minimum atomic E-state index is -0.481. The maximum absolute atomic E-state index is 8.80. The Morgan fingerprint density at radius 1 is 0.885 bits per heavy atom. The summed E-state index contributed by atoms with van der Waals surface area (Å²) in [5.74, 6) is 0. The lowest BCUT2D eigenvalue weighted by Gasteiger charge is -2.05. The topological polar surface area (TPSA) is 60.5 Å². The number of methoxy groups -OCH3 is 3. The third-order valence-electron chi connectivity index (χ3n) is 3.13. The molecule has 1 saturated heterocycles. The van der Waals surface area contributed by atoms with Gasteiger partial charge in [0.2, 0.25) is 0 Å². The highest BCUT2D eigenvalue weighted by Gasteiger charge is 2.21. The quantitative estimate of drug-likeness (QED) is 0.793. The maximum atomic E-state index is 8.80. The van der Waals surface area contributed by atoms with E-state index in [-0.39, 0.29) is 0 Å². The van der Waals surface area contributed by atoms with Gasteiger partial charge in [0.1, 0.15) is 12.2 Å². The number of fused-ring (bicyclic) bond motifs is 1. The molecule has 2 aromatic rings. The second kappa shape index (κ2) is 16.9. The Hall–Kier alpha value is -1.50. The van der Waals surface area contributed by atoms with Crippen LogP contribution in [0.2, 0.25) is 0 Å². The van der Waals surface area contributed by atoms with E-state index in [4.69, 9.17) is 14.6 Å². The Labute approximate surface area is 157 Å². The summed E-state index contributed by atoms with van der Waals surface area (Å²) >= 11 is 0. The van der Waals surface area contributed by atoms with E-state index in [0.29, 0.717) is 19.3 Å². The number of epoxide rings is 1. The summed E-state index contributed by atoms with van der Waals surface area (Å²) in [4.78, 5) is 0. The lowest BCUT2D eigenvalue weighted by Crippen LogP contribution is -2.19. The van der Waals surface area contributed by atoms with Crippen molar-refractivity contribution in [2.75, 3.05) is 47.8 Å². The summed E-state index contributed by atoms with van der Waals surface area (Å²) in [6, 6.07) is 16.7. The molecule has 1 heterocycles. The van der Waals surface area contributed by atoms with Crippen LogP contribution >= 0.6 is 0 Å². The number of rotatable bonds is 6. The first-order valence-corrected chi connectivity index (χ1v) is 8.91. The molecule has 0 aliphatic carbocycles. The monoisotopic (exact) mass is 366 g/mol. The molecule has 0 spiro atoms. The molecule has 5 heteroatoms. The summed E-state index contributed by atoms with van der Waals surface area (Å²) < 4.78 is 18.8. The van der Waals surface area contributed by atoms with Crippen LogP contribution in [0, 0.1) is 0 Å². The molecular weight excluding hydrogens is 332 g/mol. The Balaban J connectivity index is 0.000000355. The smallest absolute Gasteiger partial charge is 0.104 e. The predicted octanol–water partition coefficient (Wildman–Crippen LogP) is 3.54. The van der Waals surface area contributed by atoms with Crippen molar-refractivity contribution < 1.29 is 24.1 Å². The summed E-state index contributed by atoms with van der Waals surface area (Å²) in [7, 11) is 4.76. The molecule has 1 aliphatic heterocycles. The zero-order valence-corrected chi connectivity index (χ0v) is 16.7. The number of aliphatic hydroxyl groups is 1. The number of hydrogen-bond acceptors (Lipinski definition) is 5. The van der Waals surface area contributed by atoms with Gasteiger partial charge in [0.25, 0.3) is 0 Å². The number of aliphatic hydroxyl groups excluding tert-OH is 1. The zero-order valence-electron chi connectivity index (χ0n) is 16.7. The third kappa shape index (κ3) is 12.8. The molecule has 2 aromatic carbocycles. The fourth-order valence-corrected chi connectivity index (χ4v) is 1.92. The number of ether oxygens (including phenoxy) is 4. The minimum absolute atomic E-state index is 0.341. The molecule has 1 aliphatic rings. The van der Waals surface area contributed by atoms with Crippen LogP contribution in [0.3, 0.4) is 0 Å². The number of benzene rings is 2. The Bertz CT molecular complexity index is 471. The van der Waals surface area contributed by atoms with Gasteiger partial charge in [0.05, 0.1) is 26.4 Å². The van der Waals surface area contributed by atoms with Crippen molar-refractivity contribution in [1.29, 1.82) is 0 Å². The molecule has 0 radical (unpaired) electrons. The van der Waals surface area contributed by atoms with Gasteiger partial charge in [-0.15, -0.1) is 0 Å². The lowest BCUT2D eigenvalue weighted by molar-refractivity contribution is 0.00980. The Morgan fingerprint density at radius 2 is 1.27 bits per heavy atom. The third-order valence-corrected chi connectivity index (χ3v) is 3.13. The van der Waals surface area contributed by atoms with Gasteiger partial charge in [-0.1, -0.05) is 62.4 Å². The van der Waals surface area contributed by atoms with E-state index in [1.165, 1.54) is 10.8 Å². The van der Waals surface area contributed by atoms with Crippen molar-refractivity contribution in [1.82, 2.24) is 0 Å².